The summed E-state index contributed by atoms with van der Waals surface area (Å²) in [5.41, 5.74) is 7.93. The predicted octanol–water partition coefficient (Wildman–Crippen LogP) is 2.98. The molecule has 0 spiro atoms. The number of carbonyl (C=O) groups excluding carboxylic acids is 1. The number of aromatic nitrogens is 4. The summed E-state index contributed by atoms with van der Waals surface area (Å²) in [6, 6.07) is 15.8. The van der Waals surface area contributed by atoms with Crippen molar-refractivity contribution in [3.05, 3.63) is 60.4 Å². The van der Waals surface area contributed by atoms with Gasteiger partial charge < -0.3 is 20.0 Å². The van der Waals surface area contributed by atoms with Crippen molar-refractivity contribution in [1.82, 2.24) is 24.5 Å². The van der Waals surface area contributed by atoms with Crippen molar-refractivity contribution in [2.45, 2.75) is 32.4 Å². The summed E-state index contributed by atoms with van der Waals surface area (Å²) in [6.07, 6.45) is 3.31. The molecule has 3 aromatic heterocycles. The number of rotatable bonds is 5. The van der Waals surface area contributed by atoms with Crippen molar-refractivity contribution < 1.29 is 9.21 Å². The summed E-state index contributed by atoms with van der Waals surface area (Å²) in [6.45, 7) is 3.84. The van der Waals surface area contributed by atoms with E-state index >= 15 is 0 Å². The number of nitrogens with two attached hydrogens (primary N) is 1. The monoisotopic (exact) mass is 431 g/mol. The van der Waals surface area contributed by atoms with E-state index in [2.05, 4.69) is 32.1 Å². The highest BCUT2D eigenvalue weighted by Gasteiger charge is 2.27. The molecule has 164 valence electrons. The normalized spacial score (nSPS) is 14.7. The summed E-state index contributed by atoms with van der Waals surface area (Å²) in [7, 11) is 0. The number of furan rings is 1. The molecule has 1 fully saturated rings. The third kappa shape index (κ3) is 3.89. The second-order valence-corrected chi connectivity index (χ2v) is 8.01. The zero-order valence-electron chi connectivity index (χ0n) is 17.9. The average molecular weight is 432 g/mol. The van der Waals surface area contributed by atoms with Gasteiger partial charge in [0.05, 0.1) is 6.26 Å². The van der Waals surface area contributed by atoms with Gasteiger partial charge in [-0.3, -0.25) is 4.79 Å². The largest absolute Gasteiger partial charge is 0.461 e. The Hall–Kier alpha value is -3.88. The molecule has 9 heteroatoms. The Labute approximate surface area is 185 Å². The minimum absolute atomic E-state index is 0.102. The van der Waals surface area contributed by atoms with Gasteiger partial charge in [0.15, 0.2) is 11.4 Å². The Morgan fingerprint density at radius 1 is 1.16 bits per heavy atom. The maximum absolute atomic E-state index is 12.3. The summed E-state index contributed by atoms with van der Waals surface area (Å²) in [5, 5.41) is 4.40. The van der Waals surface area contributed by atoms with Crippen LogP contribution in [-0.4, -0.2) is 49.5 Å². The van der Waals surface area contributed by atoms with Gasteiger partial charge in [-0.2, -0.15) is 9.50 Å². The van der Waals surface area contributed by atoms with Crippen molar-refractivity contribution in [1.29, 1.82) is 0 Å². The number of hydrogen-bond acceptors (Lipinski definition) is 7. The van der Waals surface area contributed by atoms with Gasteiger partial charge >= 0.3 is 0 Å². The fourth-order valence-electron chi connectivity index (χ4n) is 4.26. The number of amides is 1. The van der Waals surface area contributed by atoms with E-state index in [1.54, 1.807) is 25.3 Å². The van der Waals surface area contributed by atoms with Crippen molar-refractivity contribution in [2.75, 3.05) is 23.7 Å². The van der Waals surface area contributed by atoms with Crippen molar-refractivity contribution in [3.63, 3.8) is 0 Å². The molecule has 2 N–H and O–H groups in total. The molecule has 0 saturated carbocycles. The van der Waals surface area contributed by atoms with E-state index < -0.39 is 0 Å². The summed E-state index contributed by atoms with van der Waals surface area (Å²) in [5.74, 6) is 2.20. The third-order valence-electron chi connectivity index (χ3n) is 5.91. The molecule has 5 rings (SSSR count). The van der Waals surface area contributed by atoms with Crippen LogP contribution in [0, 0.1) is 0 Å². The molecule has 4 heterocycles. The van der Waals surface area contributed by atoms with E-state index in [9.17, 15) is 4.79 Å². The summed E-state index contributed by atoms with van der Waals surface area (Å²) < 4.78 is 6.91. The first kappa shape index (κ1) is 20.0. The van der Waals surface area contributed by atoms with Crippen LogP contribution in [0.5, 0.6) is 0 Å². The van der Waals surface area contributed by atoms with E-state index in [0.717, 1.165) is 37.3 Å². The molecular formula is C23H25N7O2. The van der Waals surface area contributed by atoms with Crippen LogP contribution in [0.2, 0.25) is 0 Å². The Bertz CT molecular complexity index is 1210. The van der Waals surface area contributed by atoms with Gasteiger partial charge in [-0.1, -0.05) is 30.3 Å². The van der Waals surface area contributed by atoms with E-state index in [1.165, 1.54) is 4.52 Å². The van der Waals surface area contributed by atoms with Crippen molar-refractivity contribution in [2.24, 2.45) is 0 Å². The Balaban J connectivity index is 1.31. The summed E-state index contributed by atoms with van der Waals surface area (Å²) in [4.78, 5) is 25.6. The lowest BCUT2D eigenvalue weighted by Gasteiger charge is -2.38. The fraction of sp³-hybridized carbons (Fsp3) is 0.304. The number of nitrogens with zero attached hydrogens (tertiary/aromatic N) is 6. The van der Waals surface area contributed by atoms with Crippen LogP contribution >= 0.6 is 0 Å². The van der Waals surface area contributed by atoms with Crippen LogP contribution in [0.15, 0.2) is 59.2 Å². The molecule has 0 aliphatic carbocycles. The molecular weight excluding hydrogens is 406 g/mol. The molecule has 1 aliphatic heterocycles. The first-order chi connectivity index (χ1) is 15.6. The lowest BCUT2D eigenvalue weighted by atomic mass is 10.0. The van der Waals surface area contributed by atoms with Crippen molar-refractivity contribution in [3.8, 4) is 11.6 Å². The molecule has 9 nitrogen and oxygen atoms in total. The number of benzene rings is 1. The smallest absolute Gasteiger partial charge is 0.225 e. The second-order valence-electron chi connectivity index (χ2n) is 8.01. The van der Waals surface area contributed by atoms with Crippen LogP contribution in [0.25, 0.3) is 17.2 Å². The van der Waals surface area contributed by atoms with Gasteiger partial charge in [0.25, 0.3) is 0 Å². The lowest BCUT2D eigenvalue weighted by Crippen LogP contribution is -2.46. The topological polar surface area (TPSA) is 106 Å². The Kier molecular flexibility index (Phi) is 5.22. The molecule has 0 unspecified atom stereocenters. The lowest BCUT2D eigenvalue weighted by molar-refractivity contribution is -0.132. The molecule has 0 bridgehead atoms. The van der Waals surface area contributed by atoms with Gasteiger partial charge in [-0.05, 0) is 30.5 Å². The zero-order valence-corrected chi connectivity index (χ0v) is 17.9. The van der Waals surface area contributed by atoms with Crippen LogP contribution in [0.1, 0.15) is 25.3 Å². The highest BCUT2D eigenvalue weighted by atomic mass is 16.3. The predicted molar refractivity (Wildman–Crippen MR) is 121 cm³/mol. The highest BCUT2D eigenvalue weighted by molar-refractivity contribution is 5.73. The Morgan fingerprint density at radius 2 is 1.94 bits per heavy atom. The molecule has 1 amide bonds. The highest BCUT2D eigenvalue weighted by Crippen LogP contribution is 2.25. The Morgan fingerprint density at radius 3 is 2.62 bits per heavy atom. The molecule has 1 saturated heterocycles. The van der Waals surface area contributed by atoms with Gasteiger partial charge in [0.2, 0.25) is 17.7 Å². The number of hydrogen-bond donors (Lipinski definition) is 1. The number of nitrogen functional groups attached to an aromatic ring is 1. The minimum atomic E-state index is 0.102. The molecule has 4 aromatic rings. The van der Waals surface area contributed by atoms with E-state index in [0.29, 0.717) is 23.8 Å². The van der Waals surface area contributed by atoms with Crippen LogP contribution in [0.3, 0.4) is 0 Å². The van der Waals surface area contributed by atoms with E-state index in [4.69, 9.17) is 10.2 Å². The van der Waals surface area contributed by atoms with Crippen LogP contribution in [-0.2, 0) is 11.3 Å². The standard InChI is InChI=1S/C23H25N7O2/c1-16(31)29(15-17-6-3-2-4-7-17)18-9-11-28(12-10-18)20-14-21-25-22(19-8-5-13-32-19)27-30(21)23(24)26-20/h2-8,13-14,18H,9-12,15H2,1H3,(H2,24,26). The number of fused-ring (bicyclic) bond motifs is 1. The number of carbonyl (C=O) groups is 1. The molecule has 0 radical (unpaired) electrons. The van der Waals surface area contributed by atoms with E-state index in [1.807, 2.05) is 29.2 Å². The quantitative estimate of drug-likeness (QED) is 0.518. The molecule has 1 aliphatic rings. The maximum Gasteiger partial charge on any atom is 0.225 e. The molecule has 0 atom stereocenters. The van der Waals surface area contributed by atoms with Crippen molar-refractivity contribution >= 4 is 23.3 Å². The molecule has 1 aromatic carbocycles. The SMILES string of the molecule is CC(=O)N(Cc1ccccc1)C1CCN(c2cc3nc(-c4ccco4)nn3c(N)n2)CC1. The maximum atomic E-state index is 12.3. The summed E-state index contributed by atoms with van der Waals surface area (Å²) >= 11 is 0. The average Bonchev–Trinajstić information content (AvgIpc) is 3.48. The van der Waals surface area contributed by atoms with Gasteiger partial charge in [0.1, 0.15) is 5.82 Å². The van der Waals surface area contributed by atoms with Crippen LogP contribution in [0.4, 0.5) is 11.8 Å². The fourth-order valence-corrected chi connectivity index (χ4v) is 4.26. The first-order valence-corrected chi connectivity index (χ1v) is 10.7. The zero-order chi connectivity index (χ0) is 22.1. The van der Waals surface area contributed by atoms with Crippen LogP contribution < -0.4 is 10.6 Å². The second kappa shape index (κ2) is 8.33. The number of anilines is 2. The van der Waals surface area contributed by atoms with Gasteiger partial charge in [0, 0.05) is 38.7 Å². The first-order valence-electron chi connectivity index (χ1n) is 10.7. The van der Waals surface area contributed by atoms with E-state index in [-0.39, 0.29) is 17.9 Å². The number of piperidine rings is 1. The van der Waals surface area contributed by atoms with Gasteiger partial charge in [-0.15, -0.1) is 5.10 Å². The minimum Gasteiger partial charge on any atom is -0.461 e. The third-order valence-corrected chi connectivity index (χ3v) is 5.91. The molecule has 32 heavy (non-hydrogen) atoms. The van der Waals surface area contributed by atoms with Gasteiger partial charge in [-0.25, -0.2) is 4.98 Å².